The van der Waals surface area contributed by atoms with Crippen molar-refractivity contribution in [2.45, 2.75) is 45.6 Å². The maximum absolute atomic E-state index is 12.5. The molecule has 1 fully saturated rings. The van der Waals surface area contributed by atoms with E-state index in [0.29, 0.717) is 13.1 Å². The van der Waals surface area contributed by atoms with Crippen LogP contribution in [0.25, 0.3) is 0 Å². The minimum atomic E-state index is 0.0684. The Morgan fingerprint density at radius 2 is 2.00 bits per heavy atom. The number of ether oxygens (including phenoxy) is 1. The molecule has 1 aliphatic rings. The first-order valence-corrected chi connectivity index (χ1v) is 8.63. The third kappa shape index (κ3) is 4.57. The van der Waals surface area contributed by atoms with E-state index in [1.165, 1.54) is 0 Å². The van der Waals surface area contributed by atoms with Crippen molar-refractivity contribution in [3.63, 3.8) is 0 Å². The number of hydrogen-bond donors (Lipinski definition) is 1. The predicted molar refractivity (Wildman–Crippen MR) is 95.1 cm³/mol. The highest BCUT2D eigenvalue weighted by molar-refractivity contribution is 5.76. The first-order valence-electron chi connectivity index (χ1n) is 8.63. The maximum Gasteiger partial charge on any atom is 0.244 e. The van der Waals surface area contributed by atoms with Crippen molar-refractivity contribution in [2.75, 3.05) is 18.4 Å². The van der Waals surface area contributed by atoms with Crippen LogP contribution >= 0.6 is 0 Å². The fourth-order valence-electron chi connectivity index (χ4n) is 3.13. The molecule has 0 bridgehead atoms. The number of aromatic nitrogens is 3. The highest BCUT2D eigenvalue weighted by Crippen LogP contribution is 2.18. The van der Waals surface area contributed by atoms with Crippen LogP contribution in [0.4, 0.5) is 5.69 Å². The molecule has 0 radical (unpaired) electrons. The molecular weight excluding hydrogens is 318 g/mol. The number of carbonyl (C=O) groups is 1. The summed E-state index contributed by atoms with van der Waals surface area (Å²) in [6, 6.07) is 4.09. The van der Waals surface area contributed by atoms with Crippen LogP contribution in [0, 0.1) is 0 Å². The minimum Gasteiger partial charge on any atom is -0.376 e. The van der Waals surface area contributed by atoms with Crippen LogP contribution in [0.3, 0.4) is 0 Å². The van der Waals surface area contributed by atoms with Gasteiger partial charge < -0.3 is 15.0 Å². The molecule has 1 aliphatic heterocycles. The summed E-state index contributed by atoms with van der Waals surface area (Å²) in [5.74, 6) is 0.0684. The van der Waals surface area contributed by atoms with Gasteiger partial charge in [0.2, 0.25) is 5.91 Å². The average molecular weight is 343 g/mol. The summed E-state index contributed by atoms with van der Waals surface area (Å²) in [7, 11) is 0. The summed E-state index contributed by atoms with van der Waals surface area (Å²) in [5, 5.41) is 7.69. The van der Waals surface area contributed by atoms with E-state index in [4.69, 9.17) is 4.74 Å². The van der Waals surface area contributed by atoms with Crippen LogP contribution in [-0.2, 0) is 16.1 Å². The van der Waals surface area contributed by atoms with E-state index >= 15 is 0 Å². The summed E-state index contributed by atoms with van der Waals surface area (Å²) in [4.78, 5) is 18.4. The Morgan fingerprint density at radius 1 is 1.32 bits per heavy atom. The van der Waals surface area contributed by atoms with E-state index in [9.17, 15) is 4.79 Å². The Morgan fingerprint density at radius 3 is 2.68 bits per heavy atom. The Labute approximate surface area is 148 Å². The van der Waals surface area contributed by atoms with Crippen molar-refractivity contribution in [3.8, 4) is 0 Å². The molecule has 1 N–H and O–H groups in total. The van der Waals surface area contributed by atoms with Crippen molar-refractivity contribution < 1.29 is 9.53 Å². The summed E-state index contributed by atoms with van der Waals surface area (Å²) >= 11 is 0. The fourth-order valence-corrected chi connectivity index (χ4v) is 3.13. The molecule has 25 heavy (non-hydrogen) atoms. The van der Waals surface area contributed by atoms with Gasteiger partial charge in [0, 0.05) is 37.7 Å². The van der Waals surface area contributed by atoms with E-state index in [1.54, 1.807) is 23.3 Å². The number of amides is 1. The van der Waals surface area contributed by atoms with Gasteiger partial charge in [0.25, 0.3) is 0 Å². The molecule has 3 rings (SSSR count). The second-order valence-corrected chi connectivity index (χ2v) is 6.63. The first-order chi connectivity index (χ1) is 12.0. The second-order valence-electron chi connectivity index (χ2n) is 6.63. The van der Waals surface area contributed by atoms with Crippen LogP contribution < -0.4 is 5.32 Å². The van der Waals surface area contributed by atoms with Gasteiger partial charge in [0.15, 0.2) is 0 Å². The van der Waals surface area contributed by atoms with Gasteiger partial charge in [-0.25, -0.2) is 0 Å². The Kier molecular flexibility index (Phi) is 5.33. The SMILES string of the molecule is C[C@@H]1CN(C(=O)Cn2cc(N[C@@H](C)c3ccncc3)cn2)C[C@H](C)O1. The molecule has 2 aromatic rings. The smallest absolute Gasteiger partial charge is 0.244 e. The van der Waals surface area contributed by atoms with Gasteiger partial charge in [-0.1, -0.05) is 0 Å². The van der Waals surface area contributed by atoms with Crippen molar-refractivity contribution in [1.82, 2.24) is 19.7 Å². The number of morpholine rings is 1. The number of carbonyl (C=O) groups excluding carboxylic acids is 1. The van der Waals surface area contributed by atoms with Crippen molar-refractivity contribution >= 4 is 11.6 Å². The van der Waals surface area contributed by atoms with E-state index < -0.39 is 0 Å². The van der Waals surface area contributed by atoms with E-state index in [1.807, 2.05) is 37.1 Å². The molecule has 3 heterocycles. The van der Waals surface area contributed by atoms with Gasteiger partial charge in [-0.3, -0.25) is 14.5 Å². The molecule has 2 aromatic heterocycles. The van der Waals surface area contributed by atoms with Crippen LogP contribution in [0.15, 0.2) is 36.9 Å². The zero-order chi connectivity index (χ0) is 17.8. The normalized spacial score (nSPS) is 21.8. The quantitative estimate of drug-likeness (QED) is 0.900. The number of nitrogens with zero attached hydrogens (tertiary/aromatic N) is 4. The molecule has 134 valence electrons. The highest BCUT2D eigenvalue weighted by Gasteiger charge is 2.26. The number of hydrogen-bond acceptors (Lipinski definition) is 5. The zero-order valence-corrected chi connectivity index (χ0v) is 14.9. The van der Waals surface area contributed by atoms with Crippen LogP contribution in [0.2, 0.25) is 0 Å². The van der Waals surface area contributed by atoms with Crippen molar-refractivity contribution in [1.29, 1.82) is 0 Å². The van der Waals surface area contributed by atoms with E-state index in [2.05, 4.69) is 22.3 Å². The minimum absolute atomic E-state index is 0.0684. The lowest BCUT2D eigenvalue weighted by atomic mass is 10.1. The summed E-state index contributed by atoms with van der Waals surface area (Å²) in [6.45, 7) is 7.57. The fraction of sp³-hybridized carbons (Fsp3) is 0.500. The number of nitrogens with one attached hydrogen (secondary N) is 1. The molecule has 0 aliphatic carbocycles. The average Bonchev–Trinajstić information content (AvgIpc) is 3.01. The number of rotatable bonds is 5. The molecule has 7 heteroatoms. The zero-order valence-electron chi connectivity index (χ0n) is 14.9. The molecule has 7 nitrogen and oxygen atoms in total. The standard InChI is InChI=1S/C18H25N5O2/c1-13-9-22(10-14(2)25-13)18(24)12-23-11-17(8-20-23)21-15(3)16-4-6-19-7-5-16/h4-8,11,13-15,21H,9-10,12H2,1-3H3/t13-,14+,15-/m0/s1. The molecule has 0 saturated carbocycles. The van der Waals surface area contributed by atoms with Crippen molar-refractivity contribution in [2.24, 2.45) is 0 Å². The van der Waals surface area contributed by atoms with E-state index in [-0.39, 0.29) is 30.7 Å². The van der Waals surface area contributed by atoms with Gasteiger partial charge in [-0.15, -0.1) is 0 Å². The topological polar surface area (TPSA) is 72.3 Å². The van der Waals surface area contributed by atoms with Gasteiger partial charge in [-0.2, -0.15) is 5.10 Å². The lowest BCUT2D eigenvalue weighted by Crippen LogP contribution is -2.49. The molecule has 0 spiro atoms. The van der Waals surface area contributed by atoms with E-state index in [0.717, 1.165) is 11.3 Å². The predicted octanol–water partition coefficient (Wildman–Crippen LogP) is 2.09. The van der Waals surface area contributed by atoms with Gasteiger partial charge in [0.05, 0.1) is 24.1 Å². The summed E-state index contributed by atoms with van der Waals surface area (Å²) in [6.07, 6.45) is 7.31. The molecule has 0 aromatic carbocycles. The number of pyridine rings is 1. The first kappa shape index (κ1) is 17.4. The second kappa shape index (κ2) is 7.65. The molecule has 1 saturated heterocycles. The Hall–Kier alpha value is -2.41. The molecule has 0 unspecified atom stereocenters. The van der Waals surface area contributed by atoms with Gasteiger partial charge >= 0.3 is 0 Å². The van der Waals surface area contributed by atoms with Gasteiger partial charge in [0.1, 0.15) is 6.54 Å². The molecule has 3 atom stereocenters. The van der Waals surface area contributed by atoms with Crippen LogP contribution in [-0.4, -0.2) is 50.9 Å². The maximum atomic E-state index is 12.5. The lowest BCUT2D eigenvalue weighted by Gasteiger charge is -2.35. The van der Waals surface area contributed by atoms with Crippen LogP contribution in [0.5, 0.6) is 0 Å². The Bertz CT molecular complexity index is 693. The summed E-state index contributed by atoms with van der Waals surface area (Å²) in [5.41, 5.74) is 2.04. The molecule has 1 amide bonds. The largest absolute Gasteiger partial charge is 0.376 e. The highest BCUT2D eigenvalue weighted by atomic mass is 16.5. The number of anilines is 1. The Balaban J connectivity index is 1.57. The summed E-state index contributed by atoms with van der Waals surface area (Å²) < 4.78 is 7.35. The van der Waals surface area contributed by atoms with Crippen LogP contribution in [0.1, 0.15) is 32.4 Å². The third-order valence-corrected chi connectivity index (χ3v) is 4.29. The van der Waals surface area contributed by atoms with Crippen molar-refractivity contribution in [3.05, 3.63) is 42.5 Å². The molecular formula is C18H25N5O2. The monoisotopic (exact) mass is 343 g/mol. The lowest BCUT2D eigenvalue weighted by molar-refractivity contribution is -0.144. The third-order valence-electron chi connectivity index (χ3n) is 4.29. The van der Waals surface area contributed by atoms with Gasteiger partial charge in [-0.05, 0) is 38.5 Å².